The van der Waals surface area contributed by atoms with Crippen LogP contribution in [0.3, 0.4) is 0 Å². The van der Waals surface area contributed by atoms with Crippen LogP contribution in [-0.4, -0.2) is 119 Å². The first-order valence-electron chi connectivity index (χ1n) is 21.0. The van der Waals surface area contributed by atoms with Crippen LogP contribution in [0.2, 0.25) is 0 Å². The summed E-state index contributed by atoms with van der Waals surface area (Å²) in [6, 6.07) is 9.17. The van der Waals surface area contributed by atoms with E-state index in [2.05, 4.69) is 0 Å². The first-order chi connectivity index (χ1) is 27.9. The highest BCUT2D eigenvalue weighted by Crippen LogP contribution is 2.56. The molecule has 2 aliphatic heterocycles. The predicted molar refractivity (Wildman–Crippen MR) is 212 cm³/mol. The lowest BCUT2D eigenvalue weighted by atomic mass is 9.56. The molecule has 2 saturated heterocycles. The molecule has 2 heterocycles. The van der Waals surface area contributed by atoms with Gasteiger partial charge in [0.1, 0.15) is 41.6 Å². The highest BCUT2D eigenvalue weighted by molar-refractivity contribution is 5.92. The Labute approximate surface area is 346 Å². The number of hydrogen-bond acceptors (Lipinski definition) is 14. The third kappa shape index (κ3) is 9.30. The molecule has 14 nitrogen and oxygen atoms in total. The highest BCUT2D eigenvalue weighted by atomic mass is 16.7. The Balaban J connectivity index is 1.16. The van der Waals surface area contributed by atoms with Crippen LogP contribution >= 0.6 is 0 Å². The number of aliphatic hydroxyl groups excluding tert-OH is 2. The maximum absolute atomic E-state index is 14.0. The normalized spacial score (nSPS) is 39.9. The zero-order valence-corrected chi connectivity index (χ0v) is 35.2. The van der Waals surface area contributed by atoms with E-state index in [1.54, 1.807) is 26.8 Å². The van der Waals surface area contributed by atoms with E-state index in [0.29, 0.717) is 25.7 Å². The number of allylic oxidation sites excluding steroid dienone is 1. The number of fused-ring (bicyclic) bond motifs is 1. The number of ketones is 2. The lowest BCUT2D eigenvalue weighted by molar-refractivity contribution is -0.317. The van der Waals surface area contributed by atoms with E-state index >= 15 is 0 Å². The molecule has 15 atom stereocenters. The van der Waals surface area contributed by atoms with Gasteiger partial charge in [0.15, 0.2) is 12.6 Å². The quantitative estimate of drug-likeness (QED) is 0.143. The minimum atomic E-state index is -1.88. The third-order valence-electron chi connectivity index (χ3n) is 13.9. The maximum atomic E-state index is 14.0. The number of methoxy groups -OCH3 is 1. The SMILES string of the molecule is CO[C@@H]1C[C@H](O[C@H]2[C@@H](O)C[C@H](O[C@H]3CC[C@@]4(C)C(=CCC(=O)[C@@H]4C[C@@H](OC(=O)/C=C/c4ccccc4)[C@@]4(C)C(=O)CC[C@]4(O)[C@H](C)OC(C)=O)C3)O[C@@H]2C)O[C@H](C)[C@H]1O. The maximum Gasteiger partial charge on any atom is 0.331 e. The van der Waals surface area contributed by atoms with Gasteiger partial charge in [-0.2, -0.15) is 0 Å². The molecule has 0 unspecified atom stereocenters. The molecule has 326 valence electrons. The molecule has 5 aliphatic rings. The number of carbonyl (C=O) groups is 4. The molecule has 3 aliphatic carbocycles. The summed E-state index contributed by atoms with van der Waals surface area (Å²) in [4.78, 5) is 53.6. The molecule has 0 amide bonds. The lowest BCUT2D eigenvalue weighted by Crippen LogP contribution is -2.61. The van der Waals surface area contributed by atoms with Crippen LogP contribution in [0.15, 0.2) is 48.1 Å². The first-order valence-corrected chi connectivity index (χ1v) is 21.0. The molecule has 2 saturated carbocycles. The van der Waals surface area contributed by atoms with Crippen molar-refractivity contribution in [1.29, 1.82) is 0 Å². The van der Waals surface area contributed by atoms with Crippen LogP contribution in [0.1, 0.15) is 105 Å². The summed E-state index contributed by atoms with van der Waals surface area (Å²) in [5, 5.41) is 33.8. The summed E-state index contributed by atoms with van der Waals surface area (Å²) in [5.74, 6) is -2.45. The van der Waals surface area contributed by atoms with Crippen LogP contribution in [0.4, 0.5) is 0 Å². The topological polar surface area (TPSA) is 194 Å². The van der Waals surface area contributed by atoms with Crippen molar-refractivity contribution >= 4 is 29.6 Å². The summed E-state index contributed by atoms with van der Waals surface area (Å²) < 4.78 is 41.8. The molecule has 6 rings (SSSR count). The van der Waals surface area contributed by atoms with Gasteiger partial charge in [-0.05, 0) is 76.9 Å². The number of aliphatic hydroxyl groups is 3. The van der Waals surface area contributed by atoms with Crippen LogP contribution in [0, 0.1) is 16.7 Å². The van der Waals surface area contributed by atoms with Crippen molar-refractivity contribution < 1.29 is 67.7 Å². The van der Waals surface area contributed by atoms with Gasteiger partial charge in [-0.1, -0.05) is 48.9 Å². The average Bonchev–Trinajstić information content (AvgIpc) is 3.43. The van der Waals surface area contributed by atoms with Gasteiger partial charge in [0.25, 0.3) is 0 Å². The summed E-state index contributed by atoms with van der Waals surface area (Å²) in [5.41, 5.74) is -2.50. The predicted octanol–water partition coefficient (Wildman–Crippen LogP) is 4.54. The molecule has 1 aromatic carbocycles. The second-order valence-corrected chi connectivity index (χ2v) is 17.5. The molecule has 0 aromatic heterocycles. The van der Waals surface area contributed by atoms with E-state index in [1.807, 2.05) is 43.3 Å². The van der Waals surface area contributed by atoms with Gasteiger partial charge in [0.2, 0.25) is 0 Å². The standard InChI is InChI=1S/C45H62O14/c1-25-41(51)35(53-7)24-40(54-25)59-42-26(2)55-39(23-34(42)48)57-31-17-19-43(5)30(21-31)14-15-33(47)32(43)22-37(58-38(50)16-13-29-11-9-8-10-12-29)44(6)36(49)18-20-45(44,52)27(3)56-28(4)46/h8-14,16,25-27,31-32,34-35,37,39-42,48,51-52H,15,17-24H2,1-7H3/b16-13+/t25-,26-,27+,31+,32+,34+,35-,37-,39+,40+,41-,42-,43+,44-,45+/m1/s1. The van der Waals surface area contributed by atoms with Crippen molar-refractivity contribution in [3.63, 3.8) is 0 Å². The number of carbonyl (C=O) groups excluding carboxylic acids is 4. The number of esters is 2. The Morgan fingerprint density at radius 2 is 1.68 bits per heavy atom. The van der Waals surface area contributed by atoms with Crippen LogP contribution in [-0.2, 0) is 52.3 Å². The Morgan fingerprint density at radius 1 is 0.983 bits per heavy atom. The van der Waals surface area contributed by atoms with E-state index in [1.165, 1.54) is 27.0 Å². The summed E-state index contributed by atoms with van der Waals surface area (Å²) >= 11 is 0. The summed E-state index contributed by atoms with van der Waals surface area (Å²) in [6.45, 7) is 9.87. The molecular weight excluding hydrogens is 764 g/mol. The fraction of sp³-hybridized carbons (Fsp3) is 0.689. The fourth-order valence-corrected chi connectivity index (χ4v) is 10.2. The van der Waals surface area contributed by atoms with Crippen molar-refractivity contribution in [1.82, 2.24) is 0 Å². The Bertz CT molecular complexity index is 1730. The van der Waals surface area contributed by atoms with Gasteiger partial charge in [0, 0.05) is 51.7 Å². The molecule has 0 bridgehead atoms. The lowest BCUT2D eigenvalue weighted by Gasteiger charge is -2.51. The minimum absolute atomic E-state index is 0.0137. The zero-order chi connectivity index (χ0) is 42.9. The van der Waals surface area contributed by atoms with Crippen molar-refractivity contribution in [2.45, 2.75) is 172 Å². The average molecular weight is 827 g/mol. The summed E-state index contributed by atoms with van der Waals surface area (Å²) in [6.07, 6.45) is -1.03. The minimum Gasteiger partial charge on any atom is -0.460 e. The molecular formula is C45H62O14. The van der Waals surface area contributed by atoms with Gasteiger partial charge in [-0.3, -0.25) is 14.4 Å². The largest absolute Gasteiger partial charge is 0.460 e. The molecule has 0 radical (unpaired) electrons. The Kier molecular flexibility index (Phi) is 14.0. The molecule has 3 N–H and O–H groups in total. The van der Waals surface area contributed by atoms with E-state index in [-0.39, 0.29) is 49.8 Å². The van der Waals surface area contributed by atoms with Crippen LogP contribution in [0.5, 0.6) is 0 Å². The van der Waals surface area contributed by atoms with Crippen LogP contribution < -0.4 is 0 Å². The zero-order valence-electron chi connectivity index (χ0n) is 35.2. The Morgan fingerprint density at radius 3 is 2.36 bits per heavy atom. The monoisotopic (exact) mass is 826 g/mol. The van der Waals surface area contributed by atoms with Crippen LogP contribution in [0.25, 0.3) is 6.08 Å². The second-order valence-electron chi connectivity index (χ2n) is 17.5. The molecule has 14 heteroatoms. The van der Waals surface area contributed by atoms with Crippen molar-refractivity contribution in [2.75, 3.05) is 7.11 Å². The van der Waals surface area contributed by atoms with Crippen molar-refractivity contribution in [3.8, 4) is 0 Å². The fourth-order valence-electron chi connectivity index (χ4n) is 10.2. The molecule has 1 aromatic rings. The van der Waals surface area contributed by atoms with Gasteiger partial charge < -0.3 is 48.5 Å². The Hall–Kier alpha value is -3.34. The number of hydrogen-bond donors (Lipinski definition) is 3. The highest BCUT2D eigenvalue weighted by Gasteiger charge is 2.66. The molecule has 0 spiro atoms. The molecule has 59 heavy (non-hydrogen) atoms. The summed E-state index contributed by atoms with van der Waals surface area (Å²) in [7, 11) is 1.52. The van der Waals surface area contributed by atoms with E-state index in [0.717, 1.165) is 11.1 Å². The second kappa shape index (κ2) is 18.3. The third-order valence-corrected chi connectivity index (χ3v) is 13.9. The van der Waals surface area contributed by atoms with Crippen molar-refractivity contribution in [3.05, 3.63) is 53.6 Å². The van der Waals surface area contributed by atoms with E-state index in [9.17, 15) is 34.5 Å². The first kappa shape index (κ1) is 45.2. The number of ether oxygens (including phenoxy) is 7. The van der Waals surface area contributed by atoms with Gasteiger partial charge in [-0.25, -0.2) is 4.79 Å². The smallest absolute Gasteiger partial charge is 0.331 e. The molecule has 4 fully saturated rings. The van der Waals surface area contributed by atoms with E-state index < -0.39 is 95.7 Å². The van der Waals surface area contributed by atoms with Crippen molar-refractivity contribution in [2.24, 2.45) is 16.7 Å². The van der Waals surface area contributed by atoms with Gasteiger partial charge in [-0.15, -0.1) is 0 Å². The number of rotatable bonds is 13. The number of Topliss-reactive ketones (excluding diaryl/α,β-unsaturated/α-hetero) is 2. The van der Waals surface area contributed by atoms with Gasteiger partial charge >= 0.3 is 11.9 Å². The number of benzene rings is 1. The van der Waals surface area contributed by atoms with Gasteiger partial charge in [0.05, 0.1) is 35.9 Å². The van der Waals surface area contributed by atoms with E-state index in [4.69, 9.17) is 33.2 Å².